The number of nitrogens with zero attached hydrogens (tertiary/aromatic N) is 3. The number of piperidine rings is 1. The number of aryl methyl sites for hydroxylation is 1. The molecule has 6 heteroatoms. The number of thioether (sulfide) groups is 1. The number of H-pyrrole nitrogens is 1. The Morgan fingerprint density at radius 2 is 2.07 bits per heavy atom. The summed E-state index contributed by atoms with van der Waals surface area (Å²) in [7, 11) is 0. The van der Waals surface area contributed by atoms with E-state index in [1.807, 2.05) is 11.8 Å². The Morgan fingerprint density at radius 3 is 2.96 bits per heavy atom. The summed E-state index contributed by atoms with van der Waals surface area (Å²) in [6.45, 7) is 4.11. The zero-order chi connectivity index (χ0) is 18.9. The van der Waals surface area contributed by atoms with Crippen molar-refractivity contribution in [2.24, 2.45) is 5.10 Å². The lowest BCUT2D eigenvalue weighted by Gasteiger charge is -2.34. The van der Waals surface area contributed by atoms with E-state index in [0.29, 0.717) is 12.0 Å². The maximum Gasteiger partial charge on any atom is 0.125 e. The Labute approximate surface area is 169 Å². The van der Waals surface area contributed by atoms with Crippen LogP contribution < -0.4 is 5.32 Å². The van der Waals surface area contributed by atoms with Crippen LogP contribution in [0, 0.1) is 6.92 Å². The summed E-state index contributed by atoms with van der Waals surface area (Å²) >= 11 is 1.82. The molecule has 0 bridgehead atoms. The van der Waals surface area contributed by atoms with Gasteiger partial charge < -0.3 is 5.32 Å². The molecule has 144 valence electrons. The molecule has 2 atom stereocenters. The van der Waals surface area contributed by atoms with Crippen LogP contribution in [0.2, 0.25) is 0 Å². The Bertz CT molecular complexity index is 997. The second kappa shape index (κ2) is 7.60. The highest BCUT2D eigenvalue weighted by Crippen LogP contribution is 2.31. The summed E-state index contributed by atoms with van der Waals surface area (Å²) in [5, 5.41) is 20.6. The molecule has 0 saturated carbocycles. The second-order valence-corrected chi connectivity index (χ2v) is 8.60. The zero-order valence-electron chi connectivity index (χ0n) is 16.1. The van der Waals surface area contributed by atoms with Crippen molar-refractivity contribution in [2.45, 2.75) is 31.7 Å². The molecule has 1 aromatic heterocycles. The zero-order valence-corrected chi connectivity index (χ0v) is 16.9. The average Bonchev–Trinajstić information content (AvgIpc) is 3.36. The SMILES string of the molecule is Cc1[nH]nc2ccc(C3=NN(CC4NCCCC4c4ccccc4)CS3)cc12. The molecule has 0 spiro atoms. The normalized spacial score (nSPS) is 22.6. The van der Waals surface area contributed by atoms with Gasteiger partial charge in [-0.1, -0.05) is 42.1 Å². The summed E-state index contributed by atoms with van der Waals surface area (Å²) in [6, 6.07) is 17.8. The molecule has 2 aliphatic rings. The van der Waals surface area contributed by atoms with Crippen LogP contribution in [-0.4, -0.2) is 45.3 Å². The minimum Gasteiger partial charge on any atom is -0.312 e. The summed E-state index contributed by atoms with van der Waals surface area (Å²) in [5.74, 6) is 1.47. The lowest BCUT2D eigenvalue weighted by atomic mass is 9.84. The van der Waals surface area contributed by atoms with Crippen molar-refractivity contribution in [1.29, 1.82) is 0 Å². The summed E-state index contributed by atoms with van der Waals surface area (Å²) in [5.41, 5.74) is 4.74. The predicted octanol–water partition coefficient (Wildman–Crippen LogP) is 4.08. The van der Waals surface area contributed by atoms with Crippen LogP contribution in [0.25, 0.3) is 10.9 Å². The molecule has 0 aliphatic carbocycles. The highest BCUT2D eigenvalue weighted by Gasteiger charge is 2.29. The van der Waals surface area contributed by atoms with Crippen molar-refractivity contribution in [3.63, 3.8) is 0 Å². The molecule has 0 radical (unpaired) electrons. The van der Waals surface area contributed by atoms with Crippen LogP contribution in [0.5, 0.6) is 0 Å². The van der Waals surface area contributed by atoms with E-state index in [1.54, 1.807) is 0 Å². The van der Waals surface area contributed by atoms with Gasteiger partial charge in [0.25, 0.3) is 0 Å². The molecule has 1 fully saturated rings. The van der Waals surface area contributed by atoms with Gasteiger partial charge in [-0.3, -0.25) is 10.1 Å². The molecule has 2 aromatic carbocycles. The van der Waals surface area contributed by atoms with Crippen LogP contribution in [0.1, 0.15) is 35.6 Å². The number of aromatic amines is 1. The van der Waals surface area contributed by atoms with Gasteiger partial charge in [-0.25, -0.2) is 0 Å². The van der Waals surface area contributed by atoms with Gasteiger partial charge in [0.15, 0.2) is 0 Å². The summed E-state index contributed by atoms with van der Waals surface area (Å²) < 4.78 is 0. The molecule has 2 unspecified atom stereocenters. The lowest BCUT2D eigenvalue weighted by Crippen LogP contribution is -2.46. The first kappa shape index (κ1) is 17.8. The van der Waals surface area contributed by atoms with Gasteiger partial charge in [0.05, 0.1) is 17.9 Å². The number of benzene rings is 2. The quantitative estimate of drug-likeness (QED) is 0.704. The molecule has 3 heterocycles. The number of nitrogens with one attached hydrogen (secondary N) is 2. The highest BCUT2D eigenvalue weighted by atomic mass is 32.2. The Morgan fingerprint density at radius 1 is 1.18 bits per heavy atom. The minimum atomic E-state index is 0.443. The third-order valence-corrected chi connectivity index (χ3v) is 6.81. The van der Waals surface area contributed by atoms with Gasteiger partial charge in [0.1, 0.15) is 5.04 Å². The largest absolute Gasteiger partial charge is 0.312 e. The molecule has 5 rings (SSSR count). The van der Waals surface area contributed by atoms with E-state index in [4.69, 9.17) is 5.10 Å². The third-order valence-electron chi connectivity index (χ3n) is 5.79. The standard InChI is InChI=1S/C22H25N5S/c1-15-19-12-17(9-10-20(19)25-24-15)22-26-27(14-28-22)13-21-18(8-5-11-23-21)16-6-3-2-4-7-16/h2-4,6-7,9-10,12,18,21,23H,5,8,11,13-14H2,1H3,(H,24,25). The Balaban J connectivity index is 1.34. The van der Waals surface area contributed by atoms with E-state index in [-0.39, 0.29) is 0 Å². The van der Waals surface area contributed by atoms with Crippen LogP contribution in [-0.2, 0) is 0 Å². The van der Waals surface area contributed by atoms with Crippen molar-refractivity contribution in [1.82, 2.24) is 20.5 Å². The first-order valence-corrected chi connectivity index (χ1v) is 11.0. The number of fused-ring (bicyclic) bond motifs is 1. The molecule has 28 heavy (non-hydrogen) atoms. The van der Waals surface area contributed by atoms with Gasteiger partial charge in [-0.2, -0.15) is 10.2 Å². The molecule has 2 aliphatic heterocycles. The molecule has 1 saturated heterocycles. The first-order chi connectivity index (χ1) is 13.8. The Hall–Kier alpha value is -2.31. The molecular weight excluding hydrogens is 366 g/mol. The number of hydrogen-bond acceptors (Lipinski definition) is 5. The van der Waals surface area contributed by atoms with Crippen molar-refractivity contribution in [2.75, 3.05) is 19.0 Å². The van der Waals surface area contributed by atoms with Crippen LogP contribution in [0.15, 0.2) is 53.6 Å². The van der Waals surface area contributed by atoms with Gasteiger partial charge in [0.2, 0.25) is 0 Å². The maximum atomic E-state index is 4.94. The van der Waals surface area contributed by atoms with Crippen molar-refractivity contribution in [3.8, 4) is 0 Å². The van der Waals surface area contributed by atoms with Gasteiger partial charge in [-0.05, 0) is 50.1 Å². The third kappa shape index (κ3) is 3.42. The molecule has 5 nitrogen and oxygen atoms in total. The van der Waals surface area contributed by atoms with E-state index < -0.39 is 0 Å². The average molecular weight is 392 g/mol. The number of aromatic nitrogens is 2. The van der Waals surface area contributed by atoms with Gasteiger partial charge >= 0.3 is 0 Å². The Kier molecular flexibility index (Phi) is 4.82. The van der Waals surface area contributed by atoms with Crippen LogP contribution in [0.3, 0.4) is 0 Å². The smallest absolute Gasteiger partial charge is 0.125 e. The maximum absolute atomic E-state index is 4.94. The van der Waals surface area contributed by atoms with E-state index in [1.165, 1.54) is 29.4 Å². The van der Waals surface area contributed by atoms with Crippen molar-refractivity contribution < 1.29 is 0 Å². The fourth-order valence-electron chi connectivity index (χ4n) is 4.30. The molecule has 0 amide bonds. The van der Waals surface area contributed by atoms with Crippen molar-refractivity contribution in [3.05, 3.63) is 65.4 Å². The molecular formula is C22H25N5S. The fraction of sp³-hybridized carbons (Fsp3) is 0.364. The lowest BCUT2D eigenvalue weighted by molar-refractivity contribution is 0.245. The number of rotatable bonds is 4. The molecule has 3 aromatic rings. The van der Waals surface area contributed by atoms with Crippen molar-refractivity contribution >= 4 is 27.7 Å². The highest BCUT2D eigenvalue weighted by molar-refractivity contribution is 8.14. The molecule has 2 N–H and O–H groups in total. The fourth-order valence-corrected chi connectivity index (χ4v) is 5.20. The summed E-state index contributed by atoms with van der Waals surface area (Å²) in [6.07, 6.45) is 2.49. The number of hydrazone groups is 1. The van der Waals surface area contributed by atoms with E-state index in [2.05, 4.69) is 76.0 Å². The van der Waals surface area contributed by atoms with E-state index in [9.17, 15) is 0 Å². The minimum absolute atomic E-state index is 0.443. The number of hydrogen-bond donors (Lipinski definition) is 2. The van der Waals surface area contributed by atoms with Crippen LogP contribution >= 0.6 is 11.8 Å². The monoisotopic (exact) mass is 391 g/mol. The predicted molar refractivity (Wildman–Crippen MR) is 117 cm³/mol. The van der Waals surface area contributed by atoms with Gasteiger partial charge in [-0.15, -0.1) is 0 Å². The van der Waals surface area contributed by atoms with E-state index >= 15 is 0 Å². The summed E-state index contributed by atoms with van der Waals surface area (Å²) in [4.78, 5) is 0. The van der Waals surface area contributed by atoms with Crippen LogP contribution in [0.4, 0.5) is 0 Å². The second-order valence-electron chi connectivity index (χ2n) is 7.67. The van der Waals surface area contributed by atoms with Gasteiger partial charge in [0, 0.05) is 28.6 Å². The van der Waals surface area contributed by atoms with E-state index in [0.717, 1.165) is 35.2 Å². The first-order valence-electron chi connectivity index (χ1n) is 9.98. The topological polar surface area (TPSA) is 56.3 Å².